The van der Waals surface area contributed by atoms with Crippen molar-refractivity contribution in [1.29, 1.82) is 0 Å². The first kappa shape index (κ1) is 25.7. The summed E-state index contributed by atoms with van der Waals surface area (Å²) in [5.41, 5.74) is 2.36. The molecule has 1 aromatic heterocycles. The number of rotatable bonds is 8. The van der Waals surface area contributed by atoms with Crippen LogP contribution in [-0.4, -0.2) is 54.9 Å². The lowest BCUT2D eigenvalue weighted by atomic mass is 9.95. The Balaban J connectivity index is 1.46. The highest BCUT2D eigenvalue weighted by Gasteiger charge is 2.35. The lowest BCUT2D eigenvalue weighted by Crippen LogP contribution is -2.39. The molecular weight excluding hydrogens is 531 g/mol. The number of piperidine rings is 1. The second kappa shape index (κ2) is 9.74. The lowest BCUT2D eigenvalue weighted by molar-refractivity contribution is -0.0220. The van der Waals surface area contributed by atoms with Crippen molar-refractivity contribution in [3.05, 3.63) is 51.8 Å². The van der Waals surface area contributed by atoms with Crippen LogP contribution in [0.4, 0.5) is 14.5 Å². The molecular formula is C25H27Cl2F2N3O3S. The fraction of sp³-hybridized carbons (Fsp3) is 0.480. The molecule has 2 fully saturated rings. The molecule has 1 saturated carbocycles. The topological polar surface area (TPSA) is 86.3 Å². The van der Waals surface area contributed by atoms with E-state index in [1.807, 2.05) is 0 Å². The molecule has 2 heterocycles. The van der Waals surface area contributed by atoms with Crippen molar-refractivity contribution in [2.45, 2.75) is 48.8 Å². The summed E-state index contributed by atoms with van der Waals surface area (Å²) in [6, 6.07) is 8.37. The molecule has 3 aromatic rings. The van der Waals surface area contributed by atoms with Crippen molar-refractivity contribution < 1.29 is 22.3 Å². The molecule has 2 aromatic carbocycles. The molecule has 1 aliphatic heterocycles. The third-order valence-corrected chi connectivity index (χ3v) is 9.58. The Morgan fingerprint density at radius 1 is 1.17 bits per heavy atom. The van der Waals surface area contributed by atoms with Gasteiger partial charge in [0.2, 0.25) is 0 Å². The number of alkyl halides is 2. The van der Waals surface area contributed by atoms with Crippen LogP contribution < -0.4 is 4.90 Å². The first-order valence-electron chi connectivity index (χ1n) is 12.0. The minimum absolute atomic E-state index is 0.106. The van der Waals surface area contributed by atoms with E-state index in [1.165, 1.54) is 0 Å². The maximum atomic E-state index is 13.7. The van der Waals surface area contributed by atoms with Gasteiger partial charge in [0.05, 0.1) is 37.4 Å². The minimum Gasteiger partial charge on any atom is -0.396 e. The first-order valence-corrected chi connectivity index (χ1v) is 14.4. The summed E-state index contributed by atoms with van der Waals surface area (Å²) < 4.78 is 52.5. The number of nitrogens with one attached hydrogen (secondary N) is 1. The van der Waals surface area contributed by atoms with Gasteiger partial charge in [0, 0.05) is 38.5 Å². The molecule has 0 unspecified atom stereocenters. The molecule has 0 amide bonds. The summed E-state index contributed by atoms with van der Waals surface area (Å²) in [5, 5.41) is 10.4. The highest BCUT2D eigenvalue weighted by atomic mass is 35.5. The number of aliphatic hydroxyl groups is 1. The van der Waals surface area contributed by atoms with Crippen LogP contribution >= 0.6 is 23.2 Å². The average molecular weight is 558 g/mol. The monoisotopic (exact) mass is 557 g/mol. The van der Waals surface area contributed by atoms with Gasteiger partial charge in [-0.1, -0.05) is 35.3 Å². The van der Waals surface area contributed by atoms with E-state index < -0.39 is 15.8 Å². The van der Waals surface area contributed by atoms with Gasteiger partial charge in [-0.05, 0) is 48.9 Å². The second-order valence-electron chi connectivity index (χ2n) is 9.74. The summed E-state index contributed by atoms with van der Waals surface area (Å²) in [4.78, 5) is 9.97. The zero-order valence-electron chi connectivity index (χ0n) is 19.5. The summed E-state index contributed by atoms with van der Waals surface area (Å²) in [6.45, 7) is 0.176. The lowest BCUT2D eigenvalue weighted by Gasteiger charge is -2.34. The molecule has 2 N–H and O–H groups in total. The van der Waals surface area contributed by atoms with E-state index >= 15 is 0 Å². The summed E-state index contributed by atoms with van der Waals surface area (Å²) >= 11 is 13.2. The van der Waals surface area contributed by atoms with E-state index in [0.717, 1.165) is 18.4 Å². The minimum atomic E-state index is -3.33. The van der Waals surface area contributed by atoms with E-state index in [0.29, 0.717) is 39.0 Å². The summed E-state index contributed by atoms with van der Waals surface area (Å²) in [6.07, 6.45) is 1.74. The number of imidazole rings is 1. The van der Waals surface area contributed by atoms with E-state index in [9.17, 15) is 22.3 Å². The highest BCUT2D eigenvalue weighted by Crippen LogP contribution is 2.42. The van der Waals surface area contributed by atoms with Crippen LogP contribution in [-0.2, 0) is 9.84 Å². The predicted molar refractivity (Wildman–Crippen MR) is 137 cm³/mol. The number of nitrogens with zero attached hydrogens (tertiary/aromatic N) is 2. The van der Waals surface area contributed by atoms with Gasteiger partial charge in [0.1, 0.15) is 5.82 Å². The Hall–Kier alpha value is -1.94. The Bertz CT molecular complexity index is 1370. The van der Waals surface area contributed by atoms with Crippen LogP contribution in [0.2, 0.25) is 10.0 Å². The van der Waals surface area contributed by atoms with Crippen molar-refractivity contribution in [3.63, 3.8) is 0 Å². The molecule has 1 atom stereocenters. The molecule has 5 rings (SSSR count). The van der Waals surface area contributed by atoms with Crippen LogP contribution in [0.1, 0.15) is 49.4 Å². The molecule has 36 heavy (non-hydrogen) atoms. The summed E-state index contributed by atoms with van der Waals surface area (Å²) in [5.74, 6) is -2.05. The van der Waals surface area contributed by atoms with Crippen LogP contribution in [0.3, 0.4) is 0 Å². The third kappa shape index (κ3) is 5.21. The third-order valence-electron chi connectivity index (χ3n) is 7.02. The second-order valence-corrected chi connectivity index (χ2v) is 12.6. The Morgan fingerprint density at radius 2 is 1.83 bits per heavy atom. The van der Waals surface area contributed by atoms with E-state index in [1.54, 1.807) is 35.2 Å². The molecule has 0 spiro atoms. The number of benzene rings is 2. The van der Waals surface area contributed by atoms with Gasteiger partial charge in [0.15, 0.2) is 9.84 Å². The number of aromatic nitrogens is 2. The van der Waals surface area contributed by atoms with Crippen molar-refractivity contribution >= 4 is 49.8 Å². The fourth-order valence-electron chi connectivity index (χ4n) is 4.79. The Kier molecular flexibility index (Phi) is 6.95. The number of aliphatic hydroxyl groups excluding tert-OH is 1. The van der Waals surface area contributed by atoms with Gasteiger partial charge in [-0.2, -0.15) is 0 Å². The van der Waals surface area contributed by atoms with E-state index in [-0.39, 0.29) is 55.0 Å². The number of sulfone groups is 1. The standard InChI is InChI=1S/C25H27Cl2F2N3O3S/c26-19-13-20-22(21(27)23(19)32-10-8-25(28,29)9-11-32)31-24(30-20)18(7-12-33)16-3-5-17(6-4-16)36(34,35)14-15-1-2-15/h3-6,13,15,18,33H,1-2,7-12,14H2,(H,30,31)/t18-/m1/s1. The average Bonchev–Trinajstić information content (AvgIpc) is 3.53. The molecule has 11 heteroatoms. The molecule has 0 bridgehead atoms. The number of fused-ring (bicyclic) bond motifs is 1. The van der Waals surface area contributed by atoms with Gasteiger partial charge in [-0.3, -0.25) is 0 Å². The van der Waals surface area contributed by atoms with Crippen LogP contribution in [0.5, 0.6) is 0 Å². The SMILES string of the molecule is O=S(=O)(CC1CC1)c1ccc([C@@H](CCO)c2nc3cc(Cl)c(N4CCC(F)(F)CC4)c(Cl)c3[nH]2)cc1. The number of hydrogen-bond donors (Lipinski definition) is 2. The Labute approximate surface area is 218 Å². The number of hydrogen-bond acceptors (Lipinski definition) is 5. The number of halogens is 4. The Morgan fingerprint density at radius 3 is 2.44 bits per heavy atom. The molecule has 2 aliphatic rings. The van der Waals surface area contributed by atoms with Crippen molar-refractivity contribution in [2.24, 2.45) is 5.92 Å². The normalized spacial score (nSPS) is 19.1. The van der Waals surface area contributed by atoms with Gasteiger partial charge >= 0.3 is 0 Å². The van der Waals surface area contributed by atoms with Crippen molar-refractivity contribution in [2.75, 3.05) is 30.3 Å². The van der Waals surface area contributed by atoms with Gasteiger partial charge in [-0.15, -0.1) is 0 Å². The molecule has 1 aliphatic carbocycles. The van der Waals surface area contributed by atoms with Gasteiger partial charge in [0.25, 0.3) is 5.92 Å². The van der Waals surface area contributed by atoms with Crippen LogP contribution in [0.25, 0.3) is 11.0 Å². The highest BCUT2D eigenvalue weighted by molar-refractivity contribution is 7.91. The van der Waals surface area contributed by atoms with Crippen molar-refractivity contribution in [1.82, 2.24) is 9.97 Å². The van der Waals surface area contributed by atoms with E-state index in [4.69, 9.17) is 23.2 Å². The maximum Gasteiger partial charge on any atom is 0.251 e. The van der Waals surface area contributed by atoms with E-state index in [2.05, 4.69) is 9.97 Å². The van der Waals surface area contributed by atoms with Gasteiger partial charge < -0.3 is 15.0 Å². The number of anilines is 1. The smallest absolute Gasteiger partial charge is 0.251 e. The largest absolute Gasteiger partial charge is 0.396 e. The zero-order chi connectivity index (χ0) is 25.7. The fourth-order valence-corrected chi connectivity index (χ4v) is 7.22. The van der Waals surface area contributed by atoms with Crippen LogP contribution in [0, 0.1) is 5.92 Å². The van der Waals surface area contributed by atoms with Crippen molar-refractivity contribution in [3.8, 4) is 0 Å². The molecule has 1 saturated heterocycles. The predicted octanol–water partition coefficient (Wildman–Crippen LogP) is 5.80. The molecule has 194 valence electrons. The van der Waals surface area contributed by atoms with Gasteiger partial charge in [-0.25, -0.2) is 22.2 Å². The number of aromatic amines is 1. The zero-order valence-corrected chi connectivity index (χ0v) is 21.8. The maximum absolute atomic E-state index is 13.7. The number of H-pyrrole nitrogens is 1. The first-order chi connectivity index (χ1) is 17.1. The molecule has 6 nitrogen and oxygen atoms in total. The summed E-state index contributed by atoms with van der Waals surface area (Å²) in [7, 11) is -3.33. The quantitative estimate of drug-likeness (QED) is 0.365. The van der Waals surface area contributed by atoms with Crippen LogP contribution in [0.15, 0.2) is 35.2 Å². The molecule has 0 radical (unpaired) electrons.